The molecule has 10 nitrogen and oxygen atoms in total. The third-order valence-corrected chi connectivity index (χ3v) is 5.41. The van der Waals surface area contributed by atoms with Crippen molar-refractivity contribution in [1.82, 2.24) is 5.43 Å². The summed E-state index contributed by atoms with van der Waals surface area (Å²) in [5.41, 5.74) is 6.03. The average molecular weight is 506 g/mol. The van der Waals surface area contributed by atoms with Gasteiger partial charge in [0.2, 0.25) is 0 Å². The molecular formula is C27H27N3O7. The van der Waals surface area contributed by atoms with Gasteiger partial charge in [-0.15, -0.1) is 0 Å². The molecule has 0 unspecified atom stereocenters. The minimum absolute atomic E-state index is 0.130. The summed E-state index contributed by atoms with van der Waals surface area (Å²) in [6, 6.07) is 13.8. The smallest absolute Gasteiger partial charge is 0.343 e. The molecule has 10 heteroatoms. The number of aryl methyl sites for hydroxylation is 2. The summed E-state index contributed by atoms with van der Waals surface area (Å²) in [6.45, 7) is 7.74. The molecule has 1 N–H and O–H groups in total. The van der Waals surface area contributed by atoms with Crippen molar-refractivity contribution >= 4 is 23.8 Å². The summed E-state index contributed by atoms with van der Waals surface area (Å²) in [5.74, 6) is 0.0312. The normalized spacial score (nSPS) is 10.7. The summed E-state index contributed by atoms with van der Waals surface area (Å²) in [6.07, 6.45) is 1.42. The number of hydrogen-bond acceptors (Lipinski definition) is 8. The van der Waals surface area contributed by atoms with Gasteiger partial charge in [0, 0.05) is 12.1 Å². The Morgan fingerprint density at radius 1 is 0.973 bits per heavy atom. The van der Waals surface area contributed by atoms with Crippen LogP contribution in [0.4, 0.5) is 5.69 Å². The van der Waals surface area contributed by atoms with Crippen LogP contribution in [0.1, 0.15) is 39.5 Å². The largest absolute Gasteiger partial charge is 0.490 e. The number of nitrogens with one attached hydrogen (secondary N) is 1. The van der Waals surface area contributed by atoms with Crippen molar-refractivity contribution in [3.8, 4) is 17.2 Å². The maximum atomic E-state index is 12.5. The molecule has 0 aliphatic rings. The third kappa shape index (κ3) is 7.14. The molecule has 37 heavy (non-hydrogen) atoms. The van der Waals surface area contributed by atoms with Crippen molar-refractivity contribution in [2.75, 3.05) is 13.2 Å². The zero-order chi connectivity index (χ0) is 26.9. The number of rotatable bonds is 10. The second-order valence-corrected chi connectivity index (χ2v) is 8.07. The summed E-state index contributed by atoms with van der Waals surface area (Å²) >= 11 is 0. The van der Waals surface area contributed by atoms with E-state index in [0.29, 0.717) is 23.7 Å². The van der Waals surface area contributed by atoms with Crippen LogP contribution in [-0.2, 0) is 4.79 Å². The van der Waals surface area contributed by atoms with Crippen LogP contribution in [0.15, 0.2) is 59.7 Å². The van der Waals surface area contributed by atoms with Crippen LogP contribution in [0.2, 0.25) is 0 Å². The Kier molecular flexibility index (Phi) is 8.93. The molecule has 0 spiro atoms. The predicted molar refractivity (Wildman–Crippen MR) is 138 cm³/mol. The highest BCUT2D eigenvalue weighted by Gasteiger charge is 2.15. The van der Waals surface area contributed by atoms with Gasteiger partial charge in [-0.05, 0) is 80.3 Å². The van der Waals surface area contributed by atoms with Gasteiger partial charge in [-0.25, -0.2) is 10.2 Å². The highest BCUT2D eigenvalue weighted by Crippen LogP contribution is 2.29. The number of carbonyl (C=O) groups is 2. The van der Waals surface area contributed by atoms with Crippen LogP contribution in [0.3, 0.4) is 0 Å². The van der Waals surface area contributed by atoms with Crippen molar-refractivity contribution in [2.24, 2.45) is 5.10 Å². The highest BCUT2D eigenvalue weighted by molar-refractivity contribution is 5.92. The minimum atomic E-state index is -0.691. The highest BCUT2D eigenvalue weighted by atomic mass is 16.6. The number of amides is 1. The van der Waals surface area contributed by atoms with Gasteiger partial charge in [-0.1, -0.05) is 12.1 Å². The maximum Gasteiger partial charge on any atom is 0.343 e. The van der Waals surface area contributed by atoms with Crippen LogP contribution in [0.5, 0.6) is 17.2 Å². The van der Waals surface area contributed by atoms with E-state index in [9.17, 15) is 19.7 Å². The number of nitro benzene ring substituents is 1. The van der Waals surface area contributed by atoms with E-state index in [1.807, 2.05) is 32.9 Å². The SMILES string of the molecule is CCOc1cc(/C=N\NC(=O)COc2c(C)ccc(C)c2C)ccc1OC(=O)c1ccc([N+](=O)[O-])cc1. The fourth-order valence-electron chi connectivity index (χ4n) is 3.33. The average Bonchev–Trinajstić information content (AvgIpc) is 2.88. The first-order chi connectivity index (χ1) is 17.7. The lowest BCUT2D eigenvalue weighted by molar-refractivity contribution is -0.384. The minimum Gasteiger partial charge on any atom is -0.490 e. The van der Waals surface area contributed by atoms with E-state index in [1.54, 1.807) is 19.1 Å². The van der Waals surface area contributed by atoms with Crippen molar-refractivity contribution in [1.29, 1.82) is 0 Å². The number of benzene rings is 3. The molecule has 0 aliphatic heterocycles. The number of nitrogens with zero attached hydrogens (tertiary/aromatic N) is 2. The molecule has 0 radical (unpaired) electrons. The topological polar surface area (TPSA) is 129 Å². The number of hydrazone groups is 1. The van der Waals surface area contributed by atoms with Gasteiger partial charge in [0.1, 0.15) is 5.75 Å². The summed E-state index contributed by atoms with van der Waals surface area (Å²) < 4.78 is 16.7. The Morgan fingerprint density at radius 3 is 2.35 bits per heavy atom. The maximum absolute atomic E-state index is 12.5. The van der Waals surface area contributed by atoms with Gasteiger partial charge in [0.25, 0.3) is 11.6 Å². The molecule has 0 aromatic heterocycles. The molecular weight excluding hydrogens is 478 g/mol. The Labute approximate surface area is 214 Å². The van der Waals surface area contributed by atoms with Gasteiger partial charge in [-0.2, -0.15) is 5.10 Å². The predicted octanol–water partition coefficient (Wildman–Crippen LogP) is 4.67. The molecule has 3 aromatic carbocycles. The Bertz CT molecular complexity index is 1330. The Morgan fingerprint density at radius 2 is 1.68 bits per heavy atom. The second-order valence-electron chi connectivity index (χ2n) is 8.07. The van der Waals surface area contributed by atoms with Crippen molar-refractivity contribution < 1.29 is 28.7 Å². The molecule has 0 saturated carbocycles. The summed E-state index contributed by atoms with van der Waals surface area (Å²) in [5, 5.41) is 14.7. The zero-order valence-corrected chi connectivity index (χ0v) is 20.9. The lowest BCUT2D eigenvalue weighted by atomic mass is 10.1. The van der Waals surface area contributed by atoms with Gasteiger partial charge < -0.3 is 14.2 Å². The lowest BCUT2D eigenvalue weighted by Gasteiger charge is -2.13. The Hall–Kier alpha value is -4.73. The quantitative estimate of drug-likeness (QED) is 0.139. The summed E-state index contributed by atoms with van der Waals surface area (Å²) in [7, 11) is 0. The van der Waals surface area contributed by atoms with Crippen LogP contribution in [0, 0.1) is 30.9 Å². The molecule has 0 aliphatic carbocycles. The monoisotopic (exact) mass is 505 g/mol. The van der Waals surface area contributed by atoms with Crippen LogP contribution in [-0.4, -0.2) is 36.2 Å². The second kappa shape index (κ2) is 12.3. The van der Waals surface area contributed by atoms with Gasteiger partial charge in [0.05, 0.1) is 23.3 Å². The molecule has 0 saturated heterocycles. The number of non-ortho nitro benzene ring substituents is 1. The first-order valence-electron chi connectivity index (χ1n) is 11.4. The number of ether oxygens (including phenoxy) is 3. The molecule has 1 amide bonds. The van der Waals surface area contributed by atoms with E-state index in [2.05, 4.69) is 10.5 Å². The molecule has 0 heterocycles. The van der Waals surface area contributed by atoms with Crippen molar-refractivity contribution in [2.45, 2.75) is 27.7 Å². The van der Waals surface area contributed by atoms with Gasteiger partial charge >= 0.3 is 5.97 Å². The van der Waals surface area contributed by atoms with E-state index in [1.165, 1.54) is 36.5 Å². The standard InChI is InChI=1S/C27H27N3O7/c1-5-35-24-14-20(8-13-23(24)37-27(32)21-9-11-22(12-10-21)30(33)34)15-28-29-25(31)16-36-26-18(3)7-6-17(2)19(26)4/h6-15H,5,16H2,1-4H3,(H,29,31)/b28-15-. The molecule has 0 atom stereocenters. The van der Waals surface area contributed by atoms with Crippen molar-refractivity contribution in [3.05, 3.63) is 92.5 Å². The zero-order valence-electron chi connectivity index (χ0n) is 20.9. The molecule has 0 fully saturated rings. The van der Waals surface area contributed by atoms with E-state index < -0.39 is 16.8 Å². The molecule has 192 valence electrons. The van der Waals surface area contributed by atoms with Gasteiger partial charge in [-0.3, -0.25) is 14.9 Å². The van der Waals surface area contributed by atoms with Crippen LogP contribution >= 0.6 is 0 Å². The molecule has 3 aromatic rings. The first kappa shape index (κ1) is 26.9. The van der Waals surface area contributed by atoms with E-state index in [4.69, 9.17) is 14.2 Å². The summed E-state index contributed by atoms with van der Waals surface area (Å²) in [4.78, 5) is 34.9. The van der Waals surface area contributed by atoms with Crippen LogP contribution in [0.25, 0.3) is 0 Å². The van der Waals surface area contributed by atoms with Gasteiger partial charge in [0.15, 0.2) is 18.1 Å². The molecule has 0 bridgehead atoms. The lowest BCUT2D eigenvalue weighted by Crippen LogP contribution is -2.25. The fourth-order valence-corrected chi connectivity index (χ4v) is 3.33. The van der Waals surface area contributed by atoms with Crippen LogP contribution < -0.4 is 19.6 Å². The number of nitro groups is 1. The molecule has 3 rings (SSSR count). The Balaban J connectivity index is 1.62. The third-order valence-electron chi connectivity index (χ3n) is 5.41. The number of esters is 1. The van der Waals surface area contributed by atoms with E-state index >= 15 is 0 Å². The van der Waals surface area contributed by atoms with E-state index in [-0.39, 0.29) is 23.6 Å². The fraction of sp³-hybridized carbons (Fsp3) is 0.222. The first-order valence-corrected chi connectivity index (χ1v) is 11.4. The number of carbonyl (C=O) groups excluding carboxylic acids is 2. The van der Waals surface area contributed by atoms with E-state index in [0.717, 1.165) is 16.7 Å². The number of hydrogen-bond donors (Lipinski definition) is 1. The van der Waals surface area contributed by atoms with Crippen molar-refractivity contribution in [3.63, 3.8) is 0 Å².